The van der Waals surface area contributed by atoms with Gasteiger partial charge in [-0.1, -0.05) is 0 Å². The van der Waals surface area contributed by atoms with Gasteiger partial charge in [-0.15, -0.1) is 0 Å². The summed E-state index contributed by atoms with van der Waals surface area (Å²) in [6.07, 6.45) is 3.56. The van der Waals surface area contributed by atoms with Crippen LogP contribution in [0.25, 0.3) is 0 Å². The Morgan fingerprint density at radius 1 is 1.26 bits per heavy atom. The smallest absolute Gasteiger partial charge is 0.254 e. The summed E-state index contributed by atoms with van der Waals surface area (Å²) in [6.45, 7) is 2.37. The van der Waals surface area contributed by atoms with Crippen LogP contribution in [-0.4, -0.2) is 29.2 Å². The van der Waals surface area contributed by atoms with E-state index in [1.54, 1.807) is 6.92 Å². The van der Waals surface area contributed by atoms with Crippen LogP contribution in [0.1, 0.15) is 43.0 Å². The molecule has 102 valence electrons. The highest BCUT2D eigenvalue weighted by Crippen LogP contribution is 2.22. The van der Waals surface area contributed by atoms with Crippen molar-refractivity contribution in [2.24, 2.45) is 0 Å². The predicted molar refractivity (Wildman–Crippen MR) is 83.1 cm³/mol. The first kappa shape index (κ1) is 14.5. The summed E-state index contributed by atoms with van der Waals surface area (Å²) in [7, 11) is 0. The molecule has 1 aliphatic heterocycles. The van der Waals surface area contributed by atoms with Crippen molar-refractivity contribution in [3.05, 3.63) is 33.4 Å². The van der Waals surface area contributed by atoms with E-state index in [4.69, 9.17) is 0 Å². The maximum Gasteiger partial charge on any atom is 0.254 e. The second kappa shape index (κ2) is 6.50. The van der Waals surface area contributed by atoms with Crippen LogP contribution in [0.5, 0.6) is 0 Å². The molecular formula is C15H18INO2. The lowest BCUT2D eigenvalue weighted by Gasteiger charge is -2.35. The molecule has 1 aliphatic rings. The van der Waals surface area contributed by atoms with Crippen molar-refractivity contribution in [3.63, 3.8) is 0 Å². The van der Waals surface area contributed by atoms with Gasteiger partial charge < -0.3 is 4.90 Å². The molecule has 0 bridgehead atoms. The van der Waals surface area contributed by atoms with Crippen molar-refractivity contribution < 1.29 is 9.59 Å². The molecule has 1 fully saturated rings. The van der Waals surface area contributed by atoms with Gasteiger partial charge in [-0.3, -0.25) is 9.59 Å². The number of carbonyl (C=O) groups excluding carboxylic acids is 2. The van der Waals surface area contributed by atoms with Gasteiger partial charge in [0.15, 0.2) is 0 Å². The lowest BCUT2D eigenvalue weighted by Crippen LogP contribution is -2.44. The third-order valence-corrected chi connectivity index (χ3v) is 4.22. The summed E-state index contributed by atoms with van der Waals surface area (Å²) in [5.41, 5.74) is 0.718. The quantitative estimate of drug-likeness (QED) is 0.765. The summed E-state index contributed by atoms with van der Waals surface area (Å²) in [5.74, 6) is 0.217. The Morgan fingerprint density at radius 3 is 2.58 bits per heavy atom. The van der Waals surface area contributed by atoms with Crippen LogP contribution >= 0.6 is 22.6 Å². The van der Waals surface area contributed by atoms with Crippen LogP contribution < -0.4 is 0 Å². The first-order valence-electron chi connectivity index (χ1n) is 6.64. The Labute approximate surface area is 127 Å². The van der Waals surface area contributed by atoms with Crippen LogP contribution in [0.4, 0.5) is 0 Å². The highest BCUT2D eigenvalue weighted by atomic mass is 127. The standard InChI is InChI=1S/C15H18INO2/c1-11(18)10-14-4-2-3-9-17(14)15(19)12-5-7-13(16)8-6-12/h5-8,14H,2-4,9-10H2,1H3. The first-order chi connectivity index (χ1) is 9.08. The fraction of sp³-hybridized carbons (Fsp3) is 0.467. The minimum absolute atomic E-state index is 0.0577. The first-order valence-corrected chi connectivity index (χ1v) is 7.72. The molecule has 0 spiro atoms. The van der Waals surface area contributed by atoms with Gasteiger partial charge >= 0.3 is 0 Å². The average Bonchev–Trinajstić information content (AvgIpc) is 2.39. The zero-order valence-corrected chi connectivity index (χ0v) is 13.2. The number of rotatable bonds is 3. The average molecular weight is 371 g/mol. The summed E-state index contributed by atoms with van der Waals surface area (Å²) in [4.78, 5) is 25.7. The molecule has 1 atom stereocenters. The largest absolute Gasteiger partial charge is 0.335 e. The molecular weight excluding hydrogens is 353 g/mol. The molecule has 1 unspecified atom stereocenters. The Kier molecular flexibility index (Phi) is 4.96. The Hall–Kier alpha value is -0.910. The fourth-order valence-corrected chi connectivity index (χ4v) is 2.93. The molecule has 0 N–H and O–H groups in total. The van der Waals surface area contributed by atoms with Crippen molar-refractivity contribution in [2.75, 3.05) is 6.54 Å². The molecule has 1 aromatic carbocycles. The topological polar surface area (TPSA) is 37.4 Å². The lowest BCUT2D eigenvalue weighted by atomic mass is 9.97. The Morgan fingerprint density at radius 2 is 1.95 bits per heavy atom. The zero-order chi connectivity index (χ0) is 13.8. The van der Waals surface area contributed by atoms with Gasteiger partial charge in [0.2, 0.25) is 0 Å². The highest BCUT2D eigenvalue weighted by molar-refractivity contribution is 14.1. The van der Waals surface area contributed by atoms with Crippen LogP contribution in [0.15, 0.2) is 24.3 Å². The van der Waals surface area contributed by atoms with Crippen molar-refractivity contribution >= 4 is 34.3 Å². The number of halogens is 1. The van der Waals surface area contributed by atoms with Crippen molar-refractivity contribution in [3.8, 4) is 0 Å². The van der Waals surface area contributed by atoms with E-state index in [2.05, 4.69) is 22.6 Å². The maximum absolute atomic E-state index is 12.5. The SMILES string of the molecule is CC(=O)CC1CCCCN1C(=O)c1ccc(I)cc1. The molecule has 0 saturated carbocycles. The predicted octanol–water partition coefficient (Wildman–Crippen LogP) is 3.27. The molecule has 1 aromatic rings. The molecule has 1 saturated heterocycles. The van der Waals surface area contributed by atoms with E-state index < -0.39 is 0 Å². The van der Waals surface area contributed by atoms with E-state index in [9.17, 15) is 9.59 Å². The zero-order valence-electron chi connectivity index (χ0n) is 11.1. The van der Waals surface area contributed by atoms with Crippen LogP contribution in [0.2, 0.25) is 0 Å². The summed E-state index contributed by atoms with van der Waals surface area (Å²) < 4.78 is 1.12. The van der Waals surface area contributed by atoms with E-state index in [0.717, 1.165) is 34.9 Å². The summed E-state index contributed by atoms with van der Waals surface area (Å²) >= 11 is 2.22. The van der Waals surface area contributed by atoms with Gasteiger partial charge in [-0.25, -0.2) is 0 Å². The van der Waals surface area contributed by atoms with E-state index in [-0.39, 0.29) is 17.7 Å². The van der Waals surface area contributed by atoms with Crippen molar-refractivity contribution in [1.82, 2.24) is 4.90 Å². The highest BCUT2D eigenvalue weighted by Gasteiger charge is 2.28. The summed E-state index contributed by atoms with van der Waals surface area (Å²) in [5, 5.41) is 0. The molecule has 4 heteroatoms. The number of piperidine rings is 1. The van der Waals surface area contributed by atoms with Gasteiger partial charge in [0.05, 0.1) is 0 Å². The summed E-state index contributed by atoms with van der Waals surface area (Å²) in [6, 6.07) is 7.70. The number of ketones is 1. The number of hydrogen-bond acceptors (Lipinski definition) is 2. The van der Waals surface area contributed by atoms with E-state index in [0.29, 0.717) is 6.42 Å². The molecule has 1 heterocycles. The molecule has 0 aliphatic carbocycles. The molecule has 3 nitrogen and oxygen atoms in total. The number of hydrogen-bond donors (Lipinski definition) is 0. The van der Waals surface area contributed by atoms with Gasteiger partial charge in [0.25, 0.3) is 5.91 Å². The Balaban J connectivity index is 2.15. The van der Waals surface area contributed by atoms with Gasteiger partial charge in [-0.05, 0) is 73.0 Å². The second-order valence-electron chi connectivity index (χ2n) is 5.06. The number of Topliss-reactive ketones (excluding diaryl/α,β-unsaturated/α-hetero) is 1. The minimum Gasteiger partial charge on any atom is -0.335 e. The normalized spacial score (nSPS) is 19.3. The second-order valence-corrected chi connectivity index (χ2v) is 6.31. The third-order valence-electron chi connectivity index (χ3n) is 3.50. The molecule has 0 radical (unpaired) electrons. The fourth-order valence-electron chi connectivity index (χ4n) is 2.57. The van der Waals surface area contributed by atoms with E-state index >= 15 is 0 Å². The molecule has 2 rings (SSSR count). The number of benzene rings is 1. The maximum atomic E-state index is 12.5. The van der Waals surface area contributed by atoms with Crippen LogP contribution in [0, 0.1) is 3.57 Å². The van der Waals surface area contributed by atoms with Gasteiger partial charge in [0, 0.05) is 28.1 Å². The molecule has 0 aromatic heterocycles. The number of nitrogens with zero attached hydrogens (tertiary/aromatic N) is 1. The van der Waals surface area contributed by atoms with Crippen molar-refractivity contribution in [1.29, 1.82) is 0 Å². The molecule has 1 amide bonds. The number of likely N-dealkylation sites (tertiary alicyclic amines) is 1. The third kappa shape index (κ3) is 3.78. The van der Waals surface area contributed by atoms with Crippen LogP contribution in [-0.2, 0) is 4.79 Å². The lowest BCUT2D eigenvalue weighted by molar-refractivity contribution is -0.118. The monoisotopic (exact) mass is 371 g/mol. The van der Waals surface area contributed by atoms with Crippen LogP contribution in [0.3, 0.4) is 0 Å². The van der Waals surface area contributed by atoms with E-state index in [1.165, 1.54) is 0 Å². The van der Waals surface area contributed by atoms with E-state index in [1.807, 2.05) is 29.2 Å². The number of carbonyl (C=O) groups is 2. The Bertz CT molecular complexity index is 470. The minimum atomic E-state index is 0.0577. The van der Waals surface area contributed by atoms with Gasteiger partial charge in [0.1, 0.15) is 5.78 Å². The van der Waals surface area contributed by atoms with Gasteiger partial charge in [-0.2, -0.15) is 0 Å². The molecule has 19 heavy (non-hydrogen) atoms. The number of amides is 1. The van der Waals surface area contributed by atoms with Crippen molar-refractivity contribution in [2.45, 2.75) is 38.6 Å².